The number of aromatic nitrogens is 2. The molecule has 0 unspecified atom stereocenters. The number of nitrogens with one attached hydrogen (secondary N) is 2. The molecule has 1 saturated heterocycles. The van der Waals surface area contributed by atoms with Crippen LogP contribution in [0.2, 0.25) is 0 Å². The van der Waals surface area contributed by atoms with E-state index in [-0.39, 0.29) is 36.1 Å². The Morgan fingerprint density at radius 1 is 1.00 bits per heavy atom. The summed E-state index contributed by atoms with van der Waals surface area (Å²) in [6.45, 7) is 8.37. The molecule has 2 aliphatic heterocycles. The zero-order chi connectivity index (χ0) is 37.3. The third-order valence-electron chi connectivity index (χ3n) is 9.37. The van der Waals surface area contributed by atoms with E-state index in [0.717, 1.165) is 28.2 Å². The van der Waals surface area contributed by atoms with Crippen LogP contribution in [-0.4, -0.2) is 69.2 Å². The molecule has 0 atom stereocenters. The highest BCUT2D eigenvalue weighted by molar-refractivity contribution is 6.02. The molecule has 3 heterocycles. The standard InChI is InChI=1S/C38H40F3N7O4/c1-22-8-11-24(34(49)42-17-14-23-9-12-25(39)13-10-23)20-27(22)31-28-21-43-36(50)47(32-29(40)6-5-7-30(32)41)33(28)45-35(44-31)46-18-15-26(16-19-46)48(37(51)52)38(2,3)4/h5-13,20,26H,14-19,21H2,1-4H3,(H,42,49)(H,43,50)(H,51,52). The van der Waals surface area contributed by atoms with Crippen molar-refractivity contribution in [1.29, 1.82) is 0 Å². The first kappa shape index (κ1) is 36.1. The Bertz CT molecular complexity index is 1990. The van der Waals surface area contributed by atoms with Gasteiger partial charge in [-0.05, 0) is 94.5 Å². The number of aryl methyl sites for hydroxylation is 1. The van der Waals surface area contributed by atoms with Crippen LogP contribution in [0.5, 0.6) is 0 Å². The van der Waals surface area contributed by atoms with E-state index < -0.39 is 35.0 Å². The Morgan fingerprint density at radius 2 is 1.67 bits per heavy atom. The molecule has 1 fully saturated rings. The molecule has 0 bridgehead atoms. The number of rotatable bonds is 8. The molecular weight excluding hydrogens is 675 g/mol. The molecule has 0 radical (unpaired) electrons. The average molecular weight is 716 g/mol. The number of anilines is 3. The summed E-state index contributed by atoms with van der Waals surface area (Å²) in [5.74, 6) is -2.43. The first-order valence-corrected chi connectivity index (χ1v) is 17.1. The van der Waals surface area contributed by atoms with E-state index in [2.05, 4.69) is 10.6 Å². The highest BCUT2D eigenvalue weighted by Gasteiger charge is 2.38. The number of halogens is 3. The Balaban J connectivity index is 1.39. The topological polar surface area (TPSA) is 131 Å². The second kappa shape index (κ2) is 14.5. The van der Waals surface area contributed by atoms with Crippen molar-refractivity contribution in [3.63, 3.8) is 0 Å². The Labute approximate surface area is 299 Å². The molecule has 52 heavy (non-hydrogen) atoms. The van der Waals surface area contributed by atoms with E-state index in [4.69, 9.17) is 9.97 Å². The van der Waals surface area contributed by atoms with Crippen molar-refractivity contribution in [2.75, 3.05) is 29.4 Å². The normalized spacial score (nSPS) is 14.9. The number of hydrogen-bond acceptors (Lipinski definition) is 6. The van der Waals surface area contributed by atoms with Gasteiger partial charge >= 0.3 is 12.1 Å². The number of carboxylic acid groups (broad SMARTS) is 1. The van der Waals surface area contributed by atoms with E-state index in [1.54, 1.807) is 30.3 Å². The minimum absolute atomic E-state index is 0.00900. The first-order chi connectivity index (χ1) is 24.7. The highest BCUT2D eigenvalue weighted by atomic mass is 19.1. The summed E-state index contributed by atoms with van der Waals surface area (Å²) in [4.78, 5) is 52.8. The van der Waals surface area contributed by atoms with E-state index in [9.17, 15) is 23.9 Å². The lowest BCUT2D eigenvalue weighted by Crippen LogP contribution is -2.54. The maximum atomic E-state index is 15.3. The predicted molar refractivity (Wildman–Crippen MR) is 190 cm³/mol. The fraction of sp³-hybridized carbons (Fsp3) is 0.342. The van der Waals surface area contributed by atoms with Gasteiger partial charge in [-0.3, -0.25) is 4.79 Å². The minimum atomic E-state index is -1.01. The molecule has 3 N–H and O–H groups in total. The molecule has 0 spiro atoms. The van der Waals surface area contributed by atoms with Crippen molar-refractivity contribution in [2.45, 2.75) is 65.1 Å². The zero-order valence-corrected chi connectivity index (χ0v) is 29.3. The van der Waals surface area contributed by atoms with Crippen LogP contribution < -0.4 is 20.4 Å². The number of fused-ring (bicyclic) bond motifs is 1. The molecule has 0 aliphatic carbocycles. The number of amides is 4. The van der Waals surface area contributed by atoms with Crippen molar-refractivity contribution >= 4 is 35.5 Å². The van der Waals surface area contributed by atoms with E-state index in [1.165, 1.54) is 23.1 Å². The molecule has 4 amide bonds. The molecule has 2 aliphatic rings. The van der Waals surface area contributed by atoms with Gasteiger partial charge in [0.05, 0.1) is 12.2 Å². The van der Waals surface area contributed by atoms with Crippen LogP contribution in [0.4, 0.5) is 40.2 Å². The van der Waals surface area contributed by atoms with Crippen LogP contribution in [0.3, 0.4) is 0 Å². The van der Waals surface area contributed by atoms with Crippen LogP contribution in [0, 0.1) is 24.4 Å². The monoisotopic (exact) mass is 715 g/mol. The molecule has 14 heteroatoms. The summed E-state index contributed by atoms with van der Waals surface area (Å²) in [7, 11) is 0. The van der Waals surface area contributed by atoms with Crippen molar-refractivity contribution in [3.8, 4) is 11.3 Å². The lowest BCUT2D eigenvalue weighted by atomic mass is 9.96. The van der Waals surface area contributed by atoms with Gasteiger partial charge in [0.25, 0.3) is 5.91 Å². The average Bonchev–Trinajstić information content (AvgIpc) is 3.09. The third kappa shape index (κ3) is 7.37. The highest BCUT2D eigenvalue weighted by Crippen LogP contribution is 2.40. The van der Waals surface area contributed by atoms with E-state index in [0.29, 0.717) is 61.3 Å². The molecule has 1 aromatic heterocycles. The maximum absolute atomic E-state index is 15.3. The molecular formula is C38H40F3N7O4. The van der Waals surface area contributed by atoms with Crippen LogP contribution in [-0.2, 0) is 13.0 Å². The summed E-state index contributed by atoms with van der Waals surface area (Å²) in [6.07, 6.45) is 0.421. The summed E-state index contributed by atoms with van der Waals surface area (Å²) < 4.78 is 43.8. The van der Waals surface area contributed by atoms with Gasteiger partial charge in [0.1, 0.15) is 23.1 Å². The molecule has 11 nitrogen and oxygen atoms in total. The van der Waals surface area contributed by atoms with Gasteiger partial charge in [-0.2, -0.15) is 4.98 Å². The molecule has 0 saturated carbocycles. The fourth-order valence-corrected chi connectivity index (χ4v) is 6.83. The molecule has 3 aromatic carbocycles. The van der Waals surface area contributed by atoms with Gasteiger partial charge in [0.15, 0.2) is 5.82 Å². The SMILES string of the molecule is Cc1ccc(C(=O)NCCc2ccc(F)cc2)cc1-c1nc(N2CCC(N(C(=O)O)C(C)(C)C)CC2)nc2c1CNC(=O)N2c1c(F)cccc1F. The van der Waals surface area contributed by atoms with Crippen LogP contribution in [0.25, 0.3) is 11.3 Å². The molecule has 272 valence electrons. The van der Waals surface area contributed by atoms with Gasteiger partial charge in [-0.15, -0.1) is 0 Å². The van der Waals surface area contributed by atoms with Crippen molar-refractivity contribution < 1.29 is 32.7 Å². The summed E-state index contributed by atoms with van der Waals surface area (Å²) in [5, 5.41) is 15.6. The lowest BCUT2D eigenvalue weighted by molar-refractivity contribution is 0.0615. The quantitative estimate of drug-likeness (QED) is 0.180. The Hall–Kier alpha value is -5.66. The van der Waals surface area contributed by atoms with Crippen LogP contribution in [0.1, 0.15) is 60.7 Å². The van der Waals surface area contributed by atoms with Crippen molar-refractivity contribution in [2.24, 2.45) is 0 Å². The van der Waals surface area contributed by atoms with Gasteiger partial charge in [-0.1, -0.05) is 24.3 Å². The number of urea groups is 1. The number of piperidine rings is 1. The number of hydrogen-bond donors (Lipinski definition) is 3. The number of carbonyl (C=O) groups is 3. The number of nitrogens with zero attached hydrogens (tertiary/aromatic N) is 5. The second-order valence-electron chi connectivity index (χ2n) is 13.9. The zero-order valence-electron chi connectivity index (χ0n) is 29.3. The Kier molecular flexibility index (Phi) is 10.1. The number of para-hydroxylation sites is 1. The van der Waals surface area contributed by atoms with Gasteiger partial charge in [0, 0.05) is 47.9 Å². The third-order valence-corrected chi connectivity index (χ3v) is 9.37. The van der Waals surface area contributed by atoms with Crippen LogP contribution in [0.15, 0.2) is 60.7 Å². The minimum Gasteiger partial charge on any atom is -0.465 e. The summed E-state index contributed by atoms with van der Waals surface area (Å²) >= 11 is 0. The largest absolute Gasteiger partial charge is 0.465 e. The number of benzene rings is 3. The molecule has 6 rings (SSSR count). The smallest absolute Gasteiger partial charge is 0.407 e. The first-order valence-electron chi connectivity index (χ1n) is 17.1. The van der Waals surface area contributed by atoms with E-state index >= 15 is 8.78 Å². The van der Waals surface area contributed by atoms with Gasteiger partial charge < -0.3 is 25.5 Å². The fourth-order valence-electron chi connectivity index (χ4n) is 6.83. The van der Waals surface area contributed by atoms with Gasteiger partial charge in [0.2, 0.25) is 5.95 Å². The van der Waals surface area contributed by atoms with Gasteiger partial charge in [-0.25, -0.2) is 32.6 Å². The number of carbonyl (C=O) groups excluding carboxylic acids is 2. The molecule has 4 aromatic rings. The summed E-state index contributed by atoms with van der Waals surface area (Å²) in [5.41, 5.74) is 2.04. The predicted octanol–water partition coefficient (Wildman–Crippen LogP) is 6.95. The lowest BCUT2D eigenvalue weighted by Gasteiger charge is -2.43. The second-order valence-corrected chi connectivity index (χ2v) is 13.9. The van der Waals surface area contributed by atoms with E-state index in [1.807, 2.05) is 32.6 Å². The Morgan fingerprint density at radius 3 is 2.31 bits per heavy atom. The van der Waals surface area contributed by atoms with Crippen molar-refractivity contribution in [1.82, 2.24) is 25.5 Å². The maximum Gasteiger partial charge on any atom is 0.407 e. The van der Waals surface area contributed by atoms with Crippen molar-refractivity contribution in [3.05, 3.63) is 100 Å². The van der Waals surface area contributed by atoms with Crippen LogP contribution >= 0.6 is 0 Å². The summed E-state index contributed by atoms with van der Waals surface area (Å²) in [6, 6.07) is 13.4.